The molecular weight excluding hydrogens is 278 g/mol. The third-order valence-electron chi connectivity index (χ3n) is 3.91. The Hall–Kier alpha value is -1.94. The number of nitrogens with zero attached hydrogens (tertiary/aromatic N) is 2. The van der Waals surface area contributed by atoms with Crippen LogP contribution in [0, 0.1) is 5.92 Å². The Balaban J connectivity index is 1.98. The molecule has 0 amide bonds. The van der Waals surface area contributed by atoms with Gasteiger partial charge in [0.25, 0.3) is 0 Å². The lowest BCUT2D eigenvalue weighted by molar-refractivity contribution is 0.479. The maximum absolute atomic E-state index is 4.74. The van der Waals surface area contributed by atoms with Crippen LogP contribution in [0.15, 0.2) is 47.8 Å². The Morgan fingerprint density at radius 1 is 1.14 bits per heavy atom. The summed E-state index contributed by atoms with van der Waals surface area (Å²) in [5.74, 6) is 2.53. The fourth-order valence-corrected chi connectivity index (χ4v) is 3.24. The van der Waals surface area contributed by atoms with E-state index in [0.717, 1.165) is 22.9 Å². The van der Waals surface area contributed by atoms with Crippen molar-refractivity contribution >= 4 is 11.3 Å². The number of hydrogen-bond donors (Lipinski definition) is 1. The molecule has 3 aromatic rings. The first-order valence-electron chi connectivity index (χ1n) is 7.30. The number of H-pyrrole nitrogens is 1. The quantitative estimate of drug-likeness (QED) is 0.741. The van der Waals surface area contributed by atoms with Crippen molar-refractivity contribution in [3.8, 4) is 10.7 Å². The molecule has 21 heavy (non-hydrogen) atoms. The summed E-state index contributed by atoms with van der Waals surface area (Å²) in [5.41, 5.74) is 1.29. The lowest BCUT2D eigenvalue weighted by Gasteiger charge is -2.21. The van der Waals surface area contributed by atoms with Gasteiger partial charge in [-0.2, -0.15) is 5.10 Å². The predicted octanol–water partition coefficient (Wildman–Crippen LogP) is 4.71. The van der Waals surface area contributed by atoms with Crippen LogP contribution in [0.3, 0.4) is 0 Å². The SMILES string of the molecule is CCC(C)C(c1ccccc1)c1nc(-c2cccs2)n[nH]1. The van der Waals surface area contributed by atoms with Crippen LogP contribution >= 0.6 is 11.3 Å². The van der Waals surface area contributed by atoms with Gasteiger partial charge in [-0.05, 0) is 22.9 Å². The zero-order valence-electron chi connectivity index (χ0n) is 12.3. The average molecular weight is 297 g/mol. The molecule has 0 spiro atoms. The summed E-state index contributed by atoms with van der Waals surface area (Å²) in [6, 6.07) is 14.6. The van der Waals surface area contributed by atoms with E-state index in [-0.39, 0.29) is 5.92 Å². The predicted molar refractivity (Wildman–Crippen MR) is 87.4 cm³/mol. The Bertz CT molecular complexity index is 673. The van der Waals surface area contributed by atoms with Gasteiger partial charge in [-0.1, -0.05) is 56.7 Å². The number of aromatic amines is 1. The summed E-state index contributed by atoms with van der Waals surface area (Å²) in [7, 11) is 0. The smallest absolute Gasteiger partial charge is 0.191 e. The standard InChI is InChI=1S/C17H19N3S/c1-3-12(2)15(13-8-5-4-6-9-13)17-18-16(19-20-17)14-10-7-11-21-14/h4-12,15H,3H2,1-2H3,(H,18,19,20). The van der Waals surface area contributed by atoms with Crippen molar-refractivity contribution in [1.29, 1.82) is 0 Å². The Morgan fingerprint density at radius 2 is 1.95 bits per heavy atom. The molecule has 0 aliphatic rings. The van der Waals surface area contributed by atoms with Crippen molar-refractivity contribution in [2.24, 2.45) is 5.92 Å². The maximum Gasteiger partial charge on any atom is 0.191 e. The molecule has 0 saturated heterocycles. The fourth-order valence-electron chi connectivity index (χ4n) is 2.58. The molecule has 2 heterocycles. The monoisotopic (exact) mass is 297 g/mol. The van der Waals surface area contributed by atoms with Crippen LogP contribution < -0.4 is 0 Å². The van der Waals surface area contributed by atoms with E-state index in [9.17, 15) is 0 Å². The van der Waals surface area contributed by atoms with Crippen molar-refractivity contribution < 1.29 is 0 Å². The third kappa shape index (κ3) is 2.90. The van der Waals surface area contributed by atoms with E-state index in [4.69, 9.17) is 4.98 Å². The largest absolute Gasteiger partial charge is 0.262 e. The molecule has 4 heteroatoms. The zero-order chi connectivity index (χ0) is 14.7. The molecular formula is C17H19N3S. The Kier molecular flexibility index (Phi) is 4.15. The van der Waals surface area contributed by atoms with Gasteiger partial charge in [-0.25, -0.2) is 4.98 Å². The van der Waals surface area contributed by atoms with Crippen molar-refractivity contribution in [1.82, 2.24) is 15.2 Å². The number of rotatable bonds is 5. The van der Waals surface area contributed by atoms with Gasteiger partial charge in [0.15, 0.2) is 5.82 Å². The molecule has 3 rings (SSSR count). The Labute approximate surface area is 129 Å². The molecule has 0 saturated carbocycles. The van der Waals surface area contributed by atoms with Crippen LogP contribution in [0.1, 0.15) is 37.6 Å². The highest BCUT2D eigenvalue weighted by molar-refractivity contribution is 7.13. The molecule has 0 aliphatic carbocycles. The van der Waals surface area contributed by atoms with Gasteiger partial charge in [-0.3, -0.25) is 5.10 Å². The summed E-state index contributed by atoms with van der Waals surface area (Å²) in [6.07, 6.45) is 1.11. The van der Waals surface area contributed by atoms with E-state index in [2.05, 4.69) is 65.8 Å². The molecule has 108 valence electrons. The molecule has 1 aromatic carbocycles. The van der Waals surface area contributed by atoms with Gasteiger partial charge in [0.2, 0.25) is 0 Å². The first-order chi connectivity index (χ1) is 10.3. The van der Waals surface area contributed by atoms with Gasteiger partial charge in [-0.15, -0.1) is 11.3 Å². The molecule has 2 unspecified atom stereocenters. The molecule has 0 aliphatic heterocycles. The van der Waals surface area contributed by atoms with E-state index in [1.807, 2.05) is 6.07 Å². The highest BCUT2D eigenvalue weighted by Crippen LogP contribution is 2.32. The van der Waals surface area contributed by atoms with Crippen molar-refractivity contribution in [2.75, 3.05) is 0 Å². The number of benzene rings is 1. The first kappa shape index (κ1) is 14.0. The highest BCUT2D eigenvalue weighted by Gasteiger charge is 2.24. The maximum atomic E-state index is 4.74. The van der Waals surface area contributed by atoms with Gasteiger partial charge >= 0.3 is 0 Å². The first-order valence-corrected chi connectivity index (χ1v) is 8.18. The molecule has 0 fully saturated rings. The Morgan fingerprint density at radius 3 is 2.62 bits per heavy atom. The highest BCUT2D eigenvalue weighted by atomic mass is 32.1. The number of aromatic nitrogens is 3. The van der Waals surface area contributed by atoms with E-state index in [1.54, 1.807) is 11.3 Å². The number of nitrogens with one attached hydrogen (secondary N) is 1. The summed E-state index contributed by atoms with van der Waals surface area (Å²) in [4.78, 5) is 5.85. The summed E-state index contributed by atoms with van der Waals surface area (Å²) in [5, 5.41) is 9.60. The lowest BCUT2D eigenvalue weighted by Crippen LogP contribution is -2.12. The number of hydrogen-bond acceptors (Lipinski definition) is 3. The van der Waals surface area contributed by atoms with Gasteiger partial charge < -0.3 is 0 Å². The van der Waals surface area contributed by atoms with Crippen molar-refractivity contribution in [3.63, 3.8) is 0 Å². The topological polar surface area (TPSA) is 41.6 Å². The van der Waals surface area contributed by atoms with Crippen LogP contribution in [0.5, 0.6) is 0 Å². The third-order valence-corrected chi connectivity index (χ3v) is 4.78. The second-order valence-electron chi connectivity index (χ2n) is 5.30. The van der Waals surface area contributed by atoms with Crippen molar-refractivity contribution in [3.05, 3.63) is 59.2 Å². The van der Waals surface area contributed by atoms with Crippen LogP contribution in [0.25, 0.3) is 10.7 Å². The van der Waals surface area contributed by atoms with E-state index >= 15 is 0 Å². The molecule has 0 radical (unpaired) electrons. The number of thiophene rings is 1. The lowest BCUT2D eigenvalue weighted by atomic mass is 9.85. The minimum absolute atomic E-state index is 0.261. The van der Waals surface area contributed by atoms with Crippen LogP contribution in [0.2, 0.25) is 0 Å². The minimum Gasteiger partial charge on any atom is -0.262 e. The molecule has 0 bridgehead atoms. The summed E-state index contributed by atoms with van der Waals surface area (Å²) in [6.45, 7) is 4.49. The van der Waals surface area contributed by atoms with Gasteiger partial charge in [0, 0.05) is 5.92 Å². The van der Waals surface area contributed by atoms with E-state index in [0.29, 0.717) is 5.92 Å². The van der Waals surface area contributed by atoms with Crippen LogP contribution in [0.4, 0.5) is 0 Å². The zero-order valence-corrected chi connectivity index (χ0v) is 13.1. The summed E-state index contributed by atoms with van der Waals surface area (Å²) >= 11 is 1.67. The van der Waals surface area contributed by atoms with Crippen LogP contribution in [-0.4, -0.2) is 15.2 Å². The fraction of sp³-hybridized carbons (Fsp3) is 0.294. The van der Waals surface area contributed by atoms with E-state index < -0.39 is 0 Å². The molecule has 1 N–H and O–H groups in total. The second kappa shape index (κ2) is 6.22. The second-order valence-corrected chi connectivity index (χ2v) is 6.24. The molecule has 3 nitrogen and oxygen atoms in total. The molecule has 2 aromatic heterocycles. The molecule has 2 atom stereocenters. The van der Waals surface area contributed by atoms with E-state index in [1.165, 1.54) is 5.56 Å². The summed E-state index contributed by atoms with van der Waals surface area (Å²) < 4.78 is 0. The normalized spacial score (nSPS) is 14.0. The van der Waals surface area contributed by atoms with Crippen LogP contribution in [-0.2, 0) is 0 Å². The van der Waals surface area contributed by atoms with Gasteiger partial charge in [0.1, 0.15) is 5.82 Å². The average Bonchev–Trinajstić information content (AvgIpc) is 3.19. The van der Waals surface area contributed by atoms with Crippen molar-refractivity contribution in [2.45, 2.75) is 26.2 Å². The minimum atomic E-state index is 0.261. The van der Waals surface area contributed by atoms with Gasteiger partial charge in [0.05, 0.1) is 4.88 Å².